The first-order valence-electron chi connectivity index (χ1n) is 13.4. The van der Waals surface area contributed by atoms with Crippen molar-refractivity contribution in [1.82, 2.24) is 0 Å². The molecule has 0 N–H and O–H groups in total. The van der Waals surface area contributed by atoms with Gasteiger partial charge in [-0.25, -0.2) is 0 Å². The summed E-state index contributed by atoms with van der Waals surface area (Å²) in [5.74, 6) is 0.965. The number of hydrogen-bond acceptors (Lipinski definition) is 0. The van der Waals surface area contributed by atoms with E-state index in [1.54, 1.807) is 0 Å². The van der Waals surface area contributed by atoms with Gasteiger partial charge in [-0.3, -0.25) is 0 Å². The molecule has 1 atom stereocenters. The normalized spacial score (nSPS) is 12.5. The van der Waals surface area contributed by atoms with Crippen LogP contribution in [0.15, 0.2) is 0 Å². The minimum atomic E-state index is 0.965. The zero-order chi connectivity index (χ0) is 20.5. The predicted molar refractivity (Wildman–Crippen MR) is 135 cm³/mol. The van der Waals surface area contributed by atoms with Crippen LogP contribution in [0.5, 0.6) is 0 Å². The van der Waals surface area contributed by atoms with Gasteiger partial charge in [-0.1, -0.05) is 171 Å². The Kier molecular flexibility index (Phi) is 26.0. The van der Waals surface area contributed by atoms with Gasteiger partial charge in [0.25, 0.3) is 0 Å². The van der Waals surface area contributed by atoms with Crippen molar-refractivity contribution in [1.29, 1.82) is 0 Å². The Labute approximate surface area is 188 Å². The van der Waals surface area contributed by atoms with Crippen LogP contribution in [0, 0.1) is 5.92 Å². The smallest absolute Gasteiger partial charge is 0.00313 e. The van der Waals surface area contributed by atoms with Crippen LogP contribution >= 0.6 is 15.9 Å². The van der Waals surface area contributed by atoms with Crippen molar-refractivity contribution < 1.29 is 0 Å². The highest BCUT2D eigenvalue weighted by atomic mass is 79.9. The van der Waals surface area contributed by atoms with Gasteiger partial charge in [0.1, 0.15) is 0 Å². The Bertz CT molecular complexity index is 263. The van der Waals surface area contributed by atoms with Crippen molar-refractivity contribution in [3.63, 3.8) is 0 Å². The summed E-state index contributed by atoms with van der Waals surface area (Å²) < 4.78 is 0. The SMILES string of the molecule is CCCCCCCCCCCCCCC(C)CCCCCCCCCCCBr. The summed E-state index contributed by atoms with van der Waals surface area (Å²) in [6.07, 6.45) is 33.6. The third-order valence-corrected chi connectivity index (χ3v) is 6.94. The van der Waals surface area contributed by atoms with E-state index in [2.05, 4.69) is 29.8 Å². The maximum Gasteiger partial charge on any atom is 0.00313 e. The average molecular weight is 460 g/mol. The van der Waals surface area contributed by atoms with E-state index in [4.69, 9.17) is 0 Å². The molecule has 0 aliphatic carbocycles. The molecule has 0 aliphatic heterocycles. The fourth-order valence-corrected chi connectivity index (χ4v) is 4.70. The van der Waals surface area contributed by atoms with Crippen molar-refractivity contribution >= 4 is 15.9 Å². The summed E-state index contributed by atoms with van der Waals surface area (Å²) >= 11 is 3.51. The highest BCUT2D eigenvalue weighted by Gasteiger charge is 2.02. The van der Waals surface area contributed by atoms with Gasteiger partial charge < -0.3 is 0 Å². The molecule has 1 unspecified atom stereocenters. The number of unbranched alkanes of at least 4 members (excludes halogenated alkanes) is 19. The van der Waals surface area contributed by atoms with Gasteiger partial charge in [0.15, 0.2) is 0 Å². The van der Waals surface area contributed by atoms with Crippen LogP contribution < -0.4 is 0 Å². The third-order valence-electron chi connectivity index (χ3n) is 6.38. The quantitative estimate of drug-likeness (QED) is 0.0994. The molecule has 0 rings (SSSR count). The van der Waals surface area contributed by atoms with Gasteiger partial charge in [-0.2, -0.15) is 0 Å². The maximum atomic E-state index is 3.51. The lowest BCUT2D eigenvalue weighted by Gasteiger charge is -2.11. The molecule has 0 aliphatic rings. The molecule has 0 saturated carbocycles. The average Bonchev–Trinajstić information content (AvgIpc) is 2.70. The van der Waals surface area contributed by atoms with Gasteiger partial charge >= 0.3 is 0 Å². The fourth-order valence-electron chi connectivity index (χ4n) is 4.30. The first kappa shape index (κ1) is 28.5. The van der Waals surface area contributed by atoms with Crippen LogP contribution in [0.25, 0.3) is 0 Å². The van der Waals surface area contributed by atoms with E-state index in [1.807, 2.05) is 0 Å². The molecule has 0 aromatic heterocycles. The maximum absolute atomic E-state index is 3.51. The lowest BCUT2D eigenvalue weighted by Crippen LogP contribution is -1.95. The predicted octanol–water partition coefficient (Wildman–Crippen LogP) is 11.0. The lowest BCUT2D eigenvalue weighted by atomic mass is 9.95. The van der Waals surface area contributed by atoms with Crippen molar-refractivity contribution in [2.45, 2.75) is 162 Å². The number of halogens is 1. The number of rotatable bonds is 24. The van der Waals surface area contributed by atoms with Crippen LogP contribution in [-0.2, 0) is 0 Å². The highest BCUT2D eigenvalue weighted by molar-refractivity contribution is 9.09. The third kappa shape index (κ3) is 24.5. The zero-order valence-corrected chi connectivity index (χ0v) is 21.5. The second-order valence-corrected chi connectivity index (χ2v) is 10.2. The highest BCUT2D eigenvalue weighted by Crippen LogP contribution is 2.19. The number of hydrogen-bond donors (Lipinski definition) is 0. The lowest BCUT2D eigenvalue weighted by molar-refractivity contribution is 0.430. The first-order valence-corrected chi connectivity index (χ1v) is 14.5. The monoisotopic (exact) mass is 458 g/mol. The Morgan fingerprint density at radius 1 is 0.429 bits per heavy atom. The molecular formula is C27H55Br. The topological polar surface area (TPSA) is 0 Å². The Hall–Kier alpha value is 0.480. The van der Waals surface area contributed by atoms with Crippen molar-refractivity contribution in [2.75, 3.05) is 5.33 Å². The standard InChI is InChI=1S/C27H55Br/c1-3-4-5-6-7-8-9-10-12-15-18-21-24-27(2)25-22-19-16-13-11-14-17-20-23-26-28/h27H,3-26H2,1-2H3. The molecule has 0 fully saturated rings. The molecule has 0 spiro atoms. The van der Waals surface area contributed by atoms with Crippen LogP contribution in [0.3, 0.4) is 0 Å². The van der Waals surface area contributed by atoms with Gasteiger partial charge in [0.2, 0.25) is 0 Å². The second-order valence-electron chi connectivity index (χ2n) is 9.44. The summed E-state index contributed by atoms with van der Waals surface area (Å²) in [4.78, 5) is 0. The molecule has 1 heteroatoms. The van der Waals surface area contributed by atoms with Crippen molar-refractivity contribution in [3.05, 3.63) is 0 Å². The summed E-state index contributed by atoms with van der Waals surface area (Å²) in [6.45, 7) is 4.79. The van der Waals surface area contributed by atoms with Crippen LogP contribution in [0.2, 0.25) is 0 Å². The van der Waals surface area contributed by atoms with E-state index in [9.17, 15) is 0 Å². The summed E-state index contributed by atoms with van der Waals surface area (Å²) in [5.41, 5.74) is 0. The minimum absolute atomic E-state index is 0.965. The van der Waals surface area contributed by atoms with E-state index in [0.29, 0.717) is 0 Å². The molecule has 28 heavy (non-hydrogen) atoms. The first-order chi connectivity index (χ1) is 13.8. The Balaban J connectivity index is 3.12. The van der Waals surface area contributed by atoms with E-state index >= 15 is 0 Å². The Morgan fingerprint density at radius 2 is 0.714 bits per heavy atom. The van der Waals surface area contributed by atoms with Gasteiger partial charge in [-0.05, 0) is 12.3 Å². The summed E-state index contributed by atoms with van der Waals surface area (Å²) in [6, 6.07) is 0. The summed E-state index contributed by atoms with van der Waals surface area (Å²) in [5, 5.41) is 1.18. The number of alkyl halides is 1. The second kappa shape index (κ2) is 25.5. The molecule has 0 nitrogen and oxygen atoms in total. The molecule has 0 aromatic carbocycles. The van der Waals surface area contributed by atoms with Gasteiger partial charge in [-0.15, -0.1) is 0 Å². The summed E-state index contributed by atoms with van der Waals surface area (Å²) in [7, 11) is 0. The minimum Gasteiger partial charge on any atom is -0.0928 e. The molecule has 0 saturated heterocycles. The fraction of sp³-hybridized carbons (Fsp3) is 1.00. The van der Waals surface area contributed by atoms with Gasteiger partial charge in [0.05, 0.1) is 0 Å². The zero-order valence-electron chi connectivity index (χ0n) is 19.9. The van der Waals surface area contributed by atoms with E-state index in [0.717, 1.165) is 5.92 Å². The van der Waals surface area contributed by atoms with Crippen molar-refractivity contribution in [2.24, 2.45) is 5.92 Å². The molecule has 0 radical (unpaired) electrons. The molecule has 0 bridgehead atoms. The van der Waals surface area contributed by atoms with Gasteiger partial charge in [0, 0.05) is 5.33 Å². The van der Waals surface area contributed by atoms with E-state index in [-0.39, 0.29) is 0 Å². The molecule has 170 valence electrons. The molecule has 0 amide bonds. The largest absolute Gasteiger partial charge is 0.0928 e. The van der Waals surface area contributed by atoms with Crippen LogP contribution in [0.4, 0.5) is 0 Å². The molecule has 0 heterocycles. The Morgan fingerprint density at radius 3 is 1.04 bits per heavy atom. The molecule has 0 aromatic rings. The molecular weight excluding hydrogens is 404 g/mol. The van der Waals surface area contributed by atoms with Crippen LogP contribution in [-0.4, -0.2) is 5.33 Å². The van der Waals surface area contributed by atoms with E-state index < -0.39 is 0 Å². The van der Waals surface area contributed by atoms with E-state index in [1.165, 1.54) is 153 Å². The van der Waals surface area contributed by atoms with Crippen LogP contribution in [0.1, 0.15) is 162 Å². The van der Waals surface area contributed by atoms with Crippen molar-refractivity contribution in [3.8, 4) is 0 Å².